The molecule has 0 unspecified atom stereocenters. The van der Waals surface area contributed by atoms with Crippen molar-refractivity contribution in [3.63, 3.8) is 0 Å². The maximum Gasteiger partial charge on any atom is 0.226 e. The second-order valence-electron chi connectivity index (χ2n) is 6.82. The lowest BCUT2D eigenvalue weighted by Crippen LogP contribution is -2.20. The number of benzene rings is 2. The largest absolute Gasteiger partial charge is 0.441 e. The fourth-order valence-electron chi connectivity index (χ4n) is 2.92. The Labute approximate surface area is 177 Å². The molecule has 0 aliphatic rings. The Kier molecular flexibility index (Phi) is 6.33. The van der Waals surface area contributed by atoms with E-state index in [0.717, 1.165) is 11.1 Å². The zero-order valence-corrected chi connectivity index (χ0v) is 18.3. The number of carbonyl (C=O) groups is 1. The predicted molar refractivity (Wildman–Crippen MR) is 112 cm³/mol. The van der Waals surface area contributed by atoms with Crippen LogP contribution < -0.4 is 0 Å². The Morgan fingerprint density at radius 2 is 1.90 bits per heavy atom. The zero-order valence-electron chi connectivity index (χ0n) is 15.9. The van der Waals surface area contributed by atoms with Crippen LogP contribution in [0.25, 0.3) is 11.5 Å². The molecule has 1 aromatic heterocycles. The highest BCUT2D eigenvalue weighted by atomic mass is 79.9. The molecular formula is C21H19BrFNO4S. The van der Waals surface area contributed by atoms with Gasteiger partial charge >= 0.3 is 0 Å². The summed E-state index contributed by atoms with van der Waals surface area (Å²) in [4.78, 5) is 16.5. The van der Waals surface area contributed by atoms with Crippen LogP contribution >= 0.6 is 15.9 Å². The Morgan fingerprint density at radius 1 is 1.17 bits per heavy atom. The molecule has 152 valence electrons. The number of ketones is 1. The molecule has 0 bridgehead atoms. The van der Waals surface area contributed by atoms with Crippen LogP contribution in [0.2, 0.25) is 0 Å². The van der Waals surface area contributed by atoms with E-state index in [1.54, 1.807) is 13.0 Å². The number of carbonyl (C=O) groups excluding carboxylic acids is 1. The third kappa shape index (κ3) is 5.39. The van der Waals surface area contributed by atoms with Crippen molar-refractivity contribution >= 4 is 31.6 Å². The lowest BCUT2D eigenvalue weighted by molar-refractivity contribution is -0.116. The Hall–Kier alpha value is -2.32. The summed E-state index contributed by atoms with van der Waals surface area (Å²) in [5.41, 5.74) is 2.16. The normalized spacial score (nSPS) is 11.6. The van der Waals surface area contributed by atoms with Crippen molar-refractivity contribution < 1.29 is 22.0 Å². The van der Waals surface area contributed by atoms with E-state index in [4.69, 9.17) is 4.42 Å². The molecule has 1 heterocycles. The van der Waals surface area contributed by atoms with Gasteiger partial charge in [0.2, 0.25) is 5.89 Å². The van der Waals surface area contributed by atoms with Gasteiger partial charge in [0.1, 0.15) is 17.3 Å². The Balaban J connectivity index is 1.72. The molecule has 0 N–H and O–H groups in total. The summed E-state index contributed by atoms with van der Waals surface area (Å²) in [7, 11) is -3.78. The van der Waals surface area contributed by atoms with Crippen LogP contribution in [0.3, 0.4) is 0 Å². The zero-order chi connectivity index (χ0) is 21.2. The summed E-state index contributed by atoms with van der Waals surface area (Å²) < 4.78 is 45.1. The minimum Gasteiger partial charge on any atom is -0.441 e. The van der Waals surface area contributed by atoms with Gasteiger partial charge in [0, 0.05) is 16.5 Å². The number of nitrogens with zero attached hydrogens (tertiary/aromatic N) is 1. The first-order valence-corrected chi connectivity index (χ1v) is 11.4. The lowest BCUT2D eigenvalue weighted by atomic mass is 10.1. The molecule has 0 aliphatic heterocycles. The molecule has 5 nitrogen and oxygen atoms in total. The predicted octanol–water partition coefficient (Wildman–Crippen LogP) is 4.59. The number of halogens is 2. The van der Waals surface area contributed by atoms with Crippen LogP contribution in [0.15, 0.2) is 51.4 Å². The third-order valence-corrected chi connectivity index (χ3v) is 6.38. The molecule has 0 atom stereocenters. The molecule has 29 heavy (non-hydrogen) atoms. The highest BCUT2D eigenvalue weighted by Crippen LogP contribution is 2.25. The summed E-state index contributed by atoms with van der Waals surface area (Å²) in [6.07, 6.45) is -0.287. The number of Topliss-reactive ketones (excluding diaryl/α,β-unsaturated/α-hetero) is 1. The standard InChI is InChI=1S/C21H19BrFNO4S/c1-13-5-3-4-6-18(13)21-24-20(14(2)28-21)12-29(26,27)11-17(25)9-15-7-8-16(22)10-19(15)23/h3-8,10H,9,11-12H2,1-2H3. The molecule has 8 heteroatoms. The van der Waals surface area contributed by atoms with Crippen LogP contribution in [-0.2, 0) is 26.8 Å². The first-order valence-electron chi connectivity index (χ1n) is 8.83. The topological polar surface area (TPSA) is 77.2 Å². The molecule has 0 saturated carbocycles. The third-order valence-electron chi connectivity index (χ3n) is 4.41. The van der Waals surface area contributed by atoms with Gasteiger partial charge < -0.3 is 4.42 Å². The van der Waals surface area contributed by atoms with Crippen LogP contribution in [0.4, 0.5) is 4.39 Å². The summed E-state index contributed by atoms with van der Waals surface area (Å²) >= 11 is 3.14. The summed E-state index contributed by atoms with van der Waals surface area (Å²) in [5, 5.41) is 0. The molecule has 0 aliphatic carbocycles. The lowest BCUT2D eigenvalue weighted by Gasteiger charge is -2.05. The SMILES string of the molecule is Cc1ccccc1-c1nc(CS(=O)(=O)CC(=O)Cc2ccc(Br)cc2F)c(C)o1. The first-order chi connectivity index (χ1) is 13.6. The van der Waals surface area contributed by atoms with E-state index in [1.807, 2.05) is 31.2 Å². The Bertz CT molecular complexity index is 1170. The van der Waals surface area contributed by atoms with E-state index in [0.29, 0.717) is 16.1 Å². The van der Waals surface area contributed by atoms with Crippen molar-refractivity contribution in [2.24, 2.45) is 0 Å². The summed E-state index contributed by atoms with van der Waals surface area (Å²) in [5.74, 6) is -1.50. The van der Waals surface area contributed by atoms with Crippen molar-refractivity contribution in [3.05, 3.63) is 75.3 Å². The van der Waals surface area contributed by atoms with Gasteiger partial charge in [-0.1, -0.05) is 40.2 Å². The second kappa shape index (κ2) is 8.59. The second-order valence-corrected chi connectivity index (χ2v) is 9.80. The van der Waals surface area contributed by atoms with Gasteiger partial charge in [0.25, 0.3) is 0 Å². The van der Waals surface area contributed by atoms with E-state index in [9.17, 15) is 17.6 Å². The highest BCUT2D eigenvalue weighted by molar-refractivity contribution is 9.10. The smallest absolute Gasteiger partial charge is 0.226 e. The van der Waals surface area contributed by atoms with Gasteiger partial charge in [-0.3, -0.25) is 4.79 Å². The van der Waals surface area contributed by atoms with Gasteiger partial charge in [-0.25, -0.2) is 17.8 Å². The average molecular weight is 480 g/mol. The average Bonchev–Trinajstić information content (AvgIpc) is 2.97. The van der Waals surface area contributed by atoms with Gasteiger partial charge in [-0.2, -0.15) is 0 Å². The first kappa shape index (κ1) is 21.4. The van der Waals surface area contributed by atoms with Gasteiger partial charge in [-0.15, -0.1) is 0 Å². The van der Waals surface area contributed by atoms with Gasteiger partial charge in [-0.05, 0) is 43.2 Å². The number of aromatic nitrogens is 1. The molecular weight excluding hydrogens is 461 g/mol. The van der Waals surface area contributed by atoms with Crippen molar-refractivity contribution in [3.8, 4) is 11.5 Å². The van der Waals surface area contributed by atoms with Crippen molar-refractivity contribution in [1.29, 1.82) is 0 Å². The number of sulfone groups is 1. The number of hydrogen-bond acceptors (Lipinski definition) is 5. The van der Waals surface area contributed by atoms with E-state index in [1.165, 1.54) is 12.1 Å². The molecule has 3 rings (SSSR count). The molecule has 2 aromatic carbocycles. The van der Waals surface area contributed by atoms with Crippen molar-refractivity contribution in [2.75, 3.05) is 5.75 Å². The van der Waals surface area contributed by atoms with E-state index < -0.39 is 32.9 Å². The monoisotopic (exact) mass is 479 g/mol. The molecule has 3 aromatic rings. The van der Waals surface area contributed by atoms with E-state index in [2.05, 4.69) is 20.9 Å². The minimum absolute atomic E-state index is 0.160. The summed E-state index contributed by atoms with van der Waals surface area (Å²) in [6.45, 7) is 3.55. The maximum absolute atomic E-state index is 13.9. The van der Waals surface area contributed by atoms with Gasteiger partial charge in [0.15, 0.2) is 15.6 Å². The van der Waals surface area contributed by atoms with Crippen LogP contribution in [0, 0.1) is 19.7 Å². The molecule has 0 radical (unpaired) electrons. The maximum atomic E-state index is 13.9. The molecule has 0 fully saturated rings. The van der Waals surface area contributed by atoms with Gasteiger partial charge in [0.05, 0.1) is 11.4 Å². The minimum atomic E-state index is -3.78. The number of rotatable bonds is 7. The fraction of sp³-hybridized carbons (Fsp3) is 0.238. The molecule has 0 amide bonds. The number of hydrogen-bond donors (Lipinski definition) is 0. The Morgan fingerprint density at radius 3 is 2.59 bits per heavy atom. The van der Waals surface area contributed by atoms with E-state index >= 15 is 0 Å². The number of oxazole rings is 1. The van der Waals surface area contributed by atoms with Crippen molar-refractivity contribution in [1.82, 2.24) is 4.98 Å². The van der Waals surface area contributed by atoms with Crippen LogP contribution in [-0.4, -0.2) is 24.9 Å². The van der Waals surface area contributed by atoms with Crippen LogP contribution in [0.5, 0.6) is 0 Å². The van der Waals surface area contributed by atoms with Crippen molar-refractivity contribution in [2.45, 2.75) is 26.0 Å². The quantitative estimate of drug-likeness (QED) is 0.495. The number of aryl methyl sites for hydroxylation is 2. The van der Waals surface area contributed by atoms with E-state index in [-0.39, 0.29) is 17.7 Å². The van der Waals surface area contributed by atoms with Crippen LogP contribution in [0.1, 0.15) is 22.6 Å². The molecule has 0 spiro atoms. The molecule has 0 saturated heterocycles. The summed E-state index contributed by atoms with van der Waals surface area (Å²) in [6, 6.07) is 11.8. The fourth-order valence-corrected chi connectivity index (χ4v) is 4.64. The highest BCUT2D eigenvalue weighted by Gasteiger charge is 2.23.